The van der Waals surface area contributed by atoms with E-state index >= 15 is 0 Å². The summed E-state index contributed by atoms with van der Waals surface area (Å²) in [7, 11) is 0. The van der Waals surface area contributed by atoms with E-state index in [1.165, 1.54) is 135 Å². The van der Waals surface area contributed by atoms with Crippen molar-refractivity contribution in [3.05, 3.63) is 48.6 Å². The summed E-state index contributed by atoms with van der Waals surface area (Å²) in [5, 5.41) is 23.7. The first-order valence-electron chi connectivity index (χ1n) is 25.9. The Bertz CT molecular complexity index is 1040. The Morgan fingerprint density at radius 2 is 0.900 bits per heavy atom. The van der Waals surface area contributed by atoms with Gasteiger partial charge in [0, 0.05) is 6.42 Å². The second kappa shape index (κ2) is 47.9. The highest BCUT2D eigenvalue weighted by molar-refractivity contribution is 5.77. The van der Waals surface area contributed by atoms with Gasteiger partial charge in [-0.25, -0.2) is 0 Å². The number of esters is 1. The molecule has 0 aliphatic heterocycles. The molecule has 0 saturated heterocycles. The van der Waals surface area contributed by atoms with Gasteiger partial charge in [-0.2, -0.15) is 0 Å². The molecule has 3 N–H and O–H groups in total. The van der Waals surface area contributed by atoms with Crippen LogP contribution in [0.3, 0.4) is 0 Å². The van der Waals surface area contributed by atoms with Crippen LogP contribution >= 0.6 is 0 Å². The minimum atomic E-state index is -0.800. The van der Waals surface area contributed by atoms with Crippen LogP contribution in [0, 0.1) is 0 Å². The molecule has 3 atom stereocenters. The topological polar surface area (TPSA) is 95.9 Å². The van der Waals surface area contributed by atoms with Crippen molar-refractivity contribution in [3.8, 4) is 0 Å². The van der Waals surface area contributed by atoms with Crippen molar-refractivity contribution < 1.29 is 24.5 Å². The van der Waals surface area contributed by atoms with Crippen molar-refractivity contribution in [1.82, 2.24) is 5.32 Å². The fraction of sp³-hybridized carbons (Fsp3) is 0.815. The number of allylic oxidation sites excluding steroid dienone is 8. The molecule has 0 aromatic heterocycles. The number of amides is 1. The molecule has 0 aromatic rings. The summed E-state index contributed by atoms with van der Waals surface area (Å²) in [5.41, 5.74) is 0. The molecule has 6 heteroatoms. The molecule has 350 valence electrons. The van der Waals surface area contributed by atoms with Crippen LogP contribution in [-0.2, 0) is 14.3 Å². The highest BCUT2D eigenvalue weighted by Crippen LogP contribution is 2.17. The lowest BCUT2D eigenvalue weighted by Crippen LogP contribution is -2.46. The van der Waals surface area contributed by atoms with Gasteiger partial charge in [0.05, 0.1) is 25.2 Å². The van der Waals surface area contributed by atoms with Crippen molar-refractivity contribution in [2.45, 2.75) is 277 Å². The molecule has 0 fully saturated rings. The quantitative estimate of drug-likeness (QED) is 0.0322. The molecule has 60 heavy (non-hydrogen) atoms. The van der Waals surface area contributed by atoms with Crippen LogP contribution in [0.4, 0.5) is 0 Å². The van der Waals surface area contributed by atoms with Crippen LogP contribution in [0.1, 0.15) is 258 Å². The Morgan fingerprint density at radius 1 is 0.500 bits per heavy atom. The highest BCUT2D eigenvalue weighted by atomic mass is 16.5. The van der Waals surface area contributed by atoms with Crippen molar-refractivity contribution in [1.29, 1.82) is 0 Å². The van der Waals surface area contributed by atoms with Gasteiger partial charge in [-0.05, 0) is 57.8 Å². The summed E-state index contributed by atoms with van der Waals surface area (Å²) in [4.78, 5) is 26.1. The molecule has 0 aromatic carbocycles. The second-order valence-electron chi connectivity index (χ2n) is 17.5. The summed E-state index contributed by atoms with van der Waals surface area (Å²) >= 11 is 0. The smallest absolute Gasteiger partial charge is 0.306 e. The van der Waals surface area contributed by atoms with E-state index in [-0.39, 0.29) is 24.9 Å². The van der Waals surface area contributed by atoms with E-state index in [2.05, 4.69) is 74.7 Å². The number of aliphatic hydroxyl groups excluding tert-OH is 2. The summed E-state index contributed by atoms with van der Waals surface area (Å²) in [5.74, 6) is -0.520. The minimum Gasteiger partial charge on any atom is -0.462 e. The summed E-state index contributed by atoms with van der Waals surface area (Å²) in [6.45, 7) is 6.36. The normalized spacial score (nSPS) is 13.6. The van der Waals surface area contributed by atoms with E-state index in [4.69, 9.17) is 4.74 Å². The lowest BCUT2D eigenvalue weighted by Gasteiger charge is -2.24. The summed E-state index contributed by atoms with van der Waals surface area (Å²) in [6.07, 6.45) is 57.4. The number of carbonyl (C=O) groups is 2. The number of carbonyl (C=O) groups excluding carboxylic acids is 2. The Labute approximate surface area is 372 Å². The van der Waals surface area contributed by atoms with E-state index in [1.54, 1.807) is 0 Å². The molecule has 0 saturated carbocycles. The molecule has 6 nitrogen and oxygen atoms in total. The maximum atomic E-state index is 13.2. The first-order valence-corrected chi connectivity index (χ1v) is 25.9. The molecule has 0 spiro atoms. The Balaban J connectivity index is 4.64. The minimum absolute atomic E-state index is 0.0423. The summed E-state index contributed by atoms with van der Waals surface area (Å²) < 4.78 is 5.91. The third-order valence-corrected chi connectivity index (χ3v) is 11.7. The maximum Gasteiger partial charge on any atom is 0.306 e. The van der Waals surface area contributed by atoms with Crippen LogP contribution in [0.15, 0.2) is 48.6 Å². The largest absolute Gasteiger partial charge is 0.462 e. The predicted octanol–water partition coefficient (Wildman–Crippen LogP) is 15.5. The zero-order chi connectivity index (χ0) is 43.8. The van der Waals surface area contributed by atoms with Gasteiger partial charge < -0.3 is 20.3 Å². The van der Waals surface area contributed by atoms with Gasteiger partial charge in [-0.3, -0.25) is 9.59 Å². The fourth-order valence-corrected chi connectivity index (χ4v) is 7.78. The highest BCUT2D eigenvalue weighted by Gasteiger charge is 2.24. The molecule has 1 amide bonds. The molecule has 3 unspecified atom stereocenters. The molecule has 0 rings (SSSR count). The molecule has 0 heterocycles. The number of unbranched alkanes of at least 4 members (excludes halogenated alkanes) is 26. The van der Waals surface area contributed by atoms with E-state index in [0.29, 0.717) is 19.3 Å². The SMILES string of the molecule is CC/C=C/C/C=C/C/C=C/C/C=C/CCCC(CC(=O)NC(CO)C(O)CCCCCCCCCCCCCCC)OC(=O)CCCCCCCCCCCCCCCC. The average Bonchev–Trinajstić information content (AvgIpc) is 3.24. The van der Waals surface area contributed by atoms with Crippen LogP contribution in [0.5, 0.6) is 0 Å². The number of aliphatic hydroxyl groups is 2. The van der Waals surface area contributed by atoms with Gasteiger partial charge in [0.25, 0.3) is 0 Å². The third kappa shape index (κ3) is 42.5. The second-order valence-corrected chi connectivity index (χ2v) is 17.5. The van der Waals surface area contributed by atoms with Crippen LogP contribution in [-0.4, -0.2) is 46.9 Å². The summed E-state index contributed by atoms with van der Waals surface area (Å²) in [6, 6.07) is -0.717. The van der Waals surface area contributed by atoms with Gasteiger partial charge >= 0.3 is 5.97 Å². The Kier molecular flexibility index (Phi) is 46.1. The number of nitrogens with one attached hydrogen (secondary N) is 1. The number of ether oxygens (including phenoxy) is 1. The van der Waals surface area contributed by atoms with E-state index in [0.717, 1.165) is 77.0 Å². The number of rotatable bonds is 46. The van der Waals surface area contributed by atoms with Crippen LogP contribution in [0.2, 0.25) is 0 Å². The zero-order valence-corrected chi connectivity index (χ0v) is 39.8. The van der Waals surface area contributed by atoms with Crippen molar-refractivity contribution >= 4 is 11.9 Å². The molecule has 0 aliphatic carbocycles. The van der Waals surface area contributed by atoms with E-state index in [9.17, 15) is 19.8 Å². The molecular formula is C54H99NO5. The molecule has 0 aliphatic rings. The van der Waals surface area contributed by atoms with E-state index < -0.39 is 18.2 Å². The number of hydrogen-bond donors (Lipinski definition) is 3. The van der Waals surface area contributed by atoms with Gasteiger partial charge in [-0.1, -0.05) is 236 Å². The van der Waals surface area contributed by atoms with Gasteiger partial charge in [0.15, 0.2) is 0 Å². The van der Waals surface area contributed by atoms with Crippen molar-refractivity contribution in [2.75, 3.05) is 6.61 Å². The predicted molar refractivity (Wildman–Crippen MR) is 259 cm³/mol. The maximum absolute atomic E-state index is 13.2. The Morgan fingerprint density at radius 3 is 1.33 bits per heavy atom. The van der Waals surface area contributed by atoms with E-state index in [1.807, 2.05) is 0 Å². The Hall–Kier alpha value is -2.18. The number of hydrogen-bond acceptors (Lipinski definition) is 5. The monoisotopic (exact) mass is 842 g/mol. The first-order chi connectivity index (χ1) is 29.5. The van der Waals surface area contributed by atoms with Crippen LogP contribution < -0.4 is 5.32 Å². The van der Waals surface area contributed by atoms with Crippen LogP contribution in [0.25, 0.3) is 0 Å². The van der Waals surface area contributed by atoms with Gasteiger partial charge in [0.2, 0.25) is 5.91 Å². The standard InChI is InChI=1S/C54H99NO5/c1-4-7-10-13-16-19-22-25-28-30-33-36-39-42-45-50(60-54(59)47-44-41-38-35-32-29-26-23-20-17-14-11-8-5-2)48-53(58)55-51(49-56)52(57)46-43-40-37-34-31-27-24-21-18-15-12-9-6-3/h7,10,16,19,25,28,33,36,50-52,56-57H,4-6,8-9,11-15,17-18,20-24,26-27,29-32,34-35,37-49H2,1-3H3,(H,55,58)/b10-7+,19-16+,28-25+,36-33+. The zero-order valence-electron chi connectivity index (χ0n) is 39.8. The van der Waals surface area contributed by atoms with Crippen molar-refractivity contribution in [2.24, 2.45) is 0 Å². The molecule has 0 bridgehead atoms. The third-order valence-electron chi connectivity index (χ3n) is 11.7. The first kappa shape index (κ1) is 57.8. The van der Waals surface area contributed by atoms with Gasteiger partial charge in [0.1, 0.15) is 6.10 Å². The fourth-order valence-electron chi connectivity index (χ4n) is 7.78. The lowest BCUT2D eigenvalue weighted by atomic mass is 10.0. The lowest BCUT2D eigenvalue weighted by molar-refractivity contribution is -0.151. The van der Waals surface area contributed by atoms with Gasteiger partial charge in [-0.15, -0.1) is 0 Å². The molecular weight excluding hydrogens is 743 g/mol. The average molecular weight is 842 g/mol. The van der Waals surface area contributed by atoms with Crippen molar-refractivity contribution in [3.63, 3.8) is 0 Å². The molecule has 0 radical (unpaired) electrons.